The molecule has 0 aromatic heterocycles. The Labute approximate surface area is 286 Å². The molecule has 0 saturated carbocycles. The maximum Gasteiger partial charge on any atom is 0.137 e. The molecule has 9 rings (SSSR count). The van der Waals surface area contributed by atoms with Crippen molar-refractivity contribution in [3.05, 3.63) is 194 Å². The second-order valence-electron chi connectivity index (χ2n) is 12.2. The van der Waals surface area contributed by atoms with Gasteiger partial charge in [0.05, 0.1) is 5.69 Å². The van der Waals surface area contributed by atoms with E-state index in [0.717, 1.165) is 62.0 Å². The van der Waals surface area contributed by atoms with E-state index in [1.54, 1.807) is 0 Å². The highest BCUT2D eigenvalue weighted by molar-refractivity contribution is 6.11. The summed E-state index contributed by atoms with van der Waals surface area (Å²) >= 11 is 0. The summed E-state index contributed by atoms with van der Waals surface area (Å²) in [5.41, 5.74) is 11.2. The first-order chi connectivity index (χ1) is 24.3. The Balaban J connectivity index is 1.15. The molecule has 1 aliphatic heterocycles. The lowest BCUT2D eigenvalue weighted by Gasteiger charge is -2.30. The number of nitrogens with zero attached hydrogens (tertiary/aromatic N) is 2. The Morgan fingerprint density at radius 2 is 0.837 bits per heavy atom. The normalized spacial score (nSPS) is 11.4. The van der Waals surface area contributed by atoms with E-state index in [9.17, 15) is 0 Å². The summed E-state index contributed by atoms with van der Waals surface area (Å²) < 4.78 is 6.79. The van der Waals surface area contributed by atoms with Crippen molar-refractivity contribution in [2.45, 2.75) is 0 Å². The van der Waals surface area contributed by atoms with Gasteiger partial charge in [-0.25, -0.2) is 0 Å². The van der Waals surface area contributed by atoms with Gasteiger partial charge in [-0.2, -0.15) is 0 Å². The van der Waals surface area contributed by atoms with E-state index in [1.807, 2.05) is 0 Å². The van der Waals surface area contributed by atoms with Crippen molar-refractivity contribution in [3.63, 3.8) is 0 Å². The summed E-state index contributed by atoms with van der Waals surface area (Å²) in [7, 11) is 0. The van der Waals surface area contributed by atoms with Crippen molar-refractivity contribution in [1.29, 1.82) is 0 Å². The zero-order chi connectivity index (χ0) is 32.6. The Kier molecular flexibility index (Phi) is 7.14. The molecule has 0 saturated heterocycles. The zero-order valence-electron chi connectivity index (χ0n) is 26.8. The molecular formula is C46H32N2O. The fourth-order valence-electron chi connectivity index (χ4n) is 6.98. The molecule has 3 heteroatoms. The standard InChI is InChI=1S/C46H32N2O/c1-5-14-33(15-6-1)34-24-26-38(27-25-34)47(35-16-7-2-8-17-35)39-28-29-40-41-30-31-43(42-22-13-23-44(46(41)42)49-45(40)32-39)48(36-18-9-3-10-19-36)37-20-11-4-12-21-37/h1-32H. The van der Waals surface area contributed by atoms with Gasteiger partial charge in [0, 0.05) is 50.8 Å². The monoisotopic (exact) mass is 628 g/mol. The number of fused-ring (bicyclic) bond motifs is 2. The predicted octanol–water partition coefficient (Wildman–Crippen LogP) is 13.2. The van der Waals surface area contributed by atoms with E-state index < -0.39 is 0 Å². The summed E-state index contributed by atoms with van der Waals surface area (Å²) in [4.78, 5) is 4.61. The van der Waals surface area contributed by atoms with Gasteiger partial charge in [-0.3, -0.25) is 0 Å². The molecule has 232 valence electrons. The van der Waals surface area contributed by atoms with Crippen LogP contribution in [0.25, 0.3) is 33.0 Å². The van der Waals surface area contributed by atoms with Crippen LogP contribution < -0.4 is 14.5 Å². The number of benzene rings is 8. The van der Waals surface area contributed by atoms with Crippen LogP contribution in [-0.4, -0.2) is 0 Å². The first-order valence-corrected chi connectivity index (χ1v) is 16.6. The molecule has 0 fully saturated rings. The lowest BCUT2D eigenvalue weighted by Crippen LogP contribution is -2.11. The average Bonchev–Trinajstić information content (AvgIpc) is 3.18. The van der Waals surface area contributed by atoms with Crippen molar-refractivity contribution in [2.24, 2.45) is 0 Å². The first kappa shape index (κ1) is 28.6. The molecule has 0 bridgehead atoms. The molecule has 0 amide bonds. The van der Waals surface area contributed by atoms with E-state index in [4.69, 9.17) is 4.74 Å². The minimum atomic E-state index is 0.843. The maximum atomic E-state index is 6.79. The van der Waals surface area contributed by atoms with Crippen molar-refractivity contribution >= 4 is 44.9 Å². The number of anilines is 6. The number of para-hydroxylation sites is 3. The fourth-order valence-corrected chi connectivity index (χ4v) is 6.98. The van der Waals surface area contributed by atoms with Crippen molar-refractivity contribution in [1.82, 2.24) is 0 Å². The van der Waals surface area contributed by atoms with Gasteiger partial charge in [0.15, 0.2) is 0 Å². The number of hydrogen-bond acceptors (Lipinski definition) is 3. The van der Waals surface area contributed by atoms with Crippen LogP contribution in [0.15, 0.2) is 194 Å². The molecule has 3 nitrogen and oxygen atoms in total. The molecular weight excluding hydrogens is 597 g/mol. The molecule has 0 N–H and O–H groups in total. The predicted molar refractivity (Wildman–Crippen MR) is 204 cm³/mol. The van der Waals surface area contributed by atoms with Gasteiger partial charge < -0.3 is 14.5 Å². The van der Waals surface area contributed by atoms with Gasteiger partial charge in [-0.15, -0.1) is 0 Å². The molecule has 8 aromatic rings. The molecule has 0 atom stereocenters. The molecule has 1 heterocycles. The van der Waals surface area contributed by atoms with E-state index >= 15 is 0 Å². The highest BCUT2D eigenvalue weighted by Crippen LogP contribution is 2.51. The quantitative estimate of drug-likeness (QED) is 0.175. The lowest BCUT2D eigenvalue weighted by molar-refractivity contribution is 0.487. The summed E-state index contributed by atoms with van der Waals surface area (Å²) in [6.07, 6.45) is 0. The van der Waals surface area contributed by atoms with Gasteiger partial charge in [0.1, 0.15) is 11.5 Å². The first-order valence-electron chi connectivity index (χ1n) is 16.6. The third kappa shape index (κ3) is 5.18. The average molecular weight is 629 g/mol. The van der Waals surface area contributed by atoms with E-state index in [-0.39, 0.29) is 0 Å². The smallest absolute Gasteiger partial charge is 0.137 e. The number of hydrogen-bond donors (Lipinski definition) is 0. The van der Waals surface area contributed by atoms with Crippen molar-refractivity contribution in [3.8, 4) is 33.8 Å². The minimum absolute atomic E-state index is 0.843. The summed E-state index contributed by atoms with van der Waals surface area (Å²) in [5.74, 6) is 1.70. The second-order valence-corrected chi connectivity index (χ2v) is 12.2. The lowest BCUT2D eigenvalue weighted by atomic mass is 9.93. The van der Waals surface area contributed by atoms with Crippen LogP contribution in [0.4, 0.5) is 34.1 Å². The topological polar surface area (TPSA) is 15.7 Å². The van der Waals surface area contributed by atoms with Crippen LogP contribution in [-0.2, 0) is 0 Å². The Morgan fingerprint density at radius 1 is 0.327 bits per heavy atom. The summed E-state index contributed by atoms with van der Waals surface area (Å²) in [6.45, 7) is 0. The molecule has 0 aliphatic carbocycles. The molecule has 0 radical (unpaired) electrons. The van der Waals surface area contributed by atoms with Gasteiger partial charge >= 0.3 is 0 Å². The Morgan fingerprint density at radius 3 is 1.47 bits per heavy atom. The van der Waals surface area contributed by atoms with Crippen LogP contribution >= 0.6 is 0 Å². The highest BCUT2D eigenvalue weighted by Gasteiger charge is 2.25. The fraction of sp³-hybridized carbons (Fsp3) is 0. The zero-order valence-corrected chi connectivity index (χ0v) is 26.8. The minimum Gasteiger partial charge on any atom is -0.456 e. The third-order valence-electron chi connectivity index (χ3n) is 9.23. The largest absolute Gasteiger partial charge is 0.456 e. The van der Waals surface area contributed by atoms with Gasteiger partial charge in [0.2, 0.25) is 0 Å². The summed E-state index contributed by atoms with van der Waals surface area (Å²) in [6, 6.07) is 68.3. The number of ether oxygens (including phenoxy) is 1. The third-order valence-corrected chi connectivity index (χ3v) is 9.23. The van der Waals surface area contributed by atoms with Crippen LogP contribution in [0.3, 0.4) is 0 Å². The highest BCUT2D eigenvalue weighted by atomic mass is 16.5. The van der Waals surface area contributed by atoms with Gasteiger partial charge in [-0.1, -0.05) is 115 Å². The van der Waals surface area contributed by atoms with E-state index in [1.165, 1.54) is 16.7 Å². The number of rotatable bonds is 7. The van der Waals surface area contributed by atoms with Crippen LogP contribution in [0.1, 0.15) is 0 Å². The van der Waals surface area contributed by atoms with Crippen LogP contribution in [0.5, 0.6) is 11.5 Å². The summed E-state index contributed by atoms with van der Waals surface area (Å²) in [5, 5.41) is 2.26. The maximum absolute atomic E-state index is 6.79. The second kappa shape index (κ2) is 12.2. The van der Waals surface area contributed by atoms with Crippen molar-refractivity contribution < 1.29 is 4.74 Å². The molecule has 1 aliphatic rings. The van der Waals surface area contributed by atoms with Gasteiger partial charge in [-0.05, 0) is 89.5 Å². The Hall–Kier alpha value is -6.58. The van der Waals surface area contributed by atoms with Crippen LogP contribution in [0, 0.1) is 0 Å². The Bertz CT molecular complexity index is 2350. The van der Waals surface area contributed by atoms with E-state index in [0.29, 0.717) is 0 Å². The SMILES string of the molecule is c1ccc(-c2ccc(N(c3ccccc3)c3ccc4c(c3)Oc3cccc5c(N(c6ccccc6)c6ccccc6)ccc-4c35)cc2)cc1. The van der Waals surface area contributed by atoms with Gasteiger partial charge in [0.25, 0.3) is 0 Å². The van der Waals surface area contributed by atoms with E-state index in [2.05, 4.69) is 204 Å². The van der Waals surface area contributed by atoms with Crippen LogP contribution in [0.2, 0.25) is 0 Å². The van der Waals surface area contributed by atoms with Crippen molar-refractivity contribution in [2.75, 3.05) is 9.80 Å². The molecule has 0 spiro atoms. The molecule has 49 heavy (non-hydrogen) atoms. The molecule has 0 unspecified atom stereocenters. The molecule has 8 aromatic carbocycles.